The fraction of sp³-hybridized carbons (Fsp3) is 0.654. The van der Waals surface area contributed by atoms with E-state index >= 15 is 0 Å². The van der Waals surface area contributed by atoms with Gasteiger partial charge in [0.25, 0.3) is 0 Å². The van der Waals surface area contributed by atoms with Crippen molar-refractivity contribution in [2.24, 2.45) is 0 Å². The minimum atomic E-state index is -5.45. The van der Waals surface area contributed by atoms with E-state index in [-0.39, 0.29) is 24.8 Å². The smallest absolute Gasteiger partial charge is 0.462 e. The lowest BCUT2D eigenvalue weighted by molar-refractivity contribution is -0.161. The molecule has 19 nitrogen and oxygen atoms in total. The molecule has 1 aromatic rings. The van der Waals surface area contributed by atoms with Crippen LogP contribution in [0.1, 0.15) is 161 Å². The van der Waals surface area contributed by atoms with Crippen LogP contribution >= 0.6 is 15.6 Å². The molecule has 4 unspecified atom stereocenters. The summed E-state index contributed by atoms with van der Waals surface area (Å²) in [6.45, 7) is 2.01. The van der Waals surface area contributed by atoms with E-state index < -0.39 is 83.7 Å². The van der Waals surface area contributed by atoms with Crippen LogP contribution in [0.15, 0.2) is 90.0 Å². The summed E-state index contributed by atoms with van der Waals surface area (Å²) in [5.41, 5.74) is 4.58. The van der Waals surface area contributed by atoms with Gasteiger partial charge in [0.2, 0.25) is 0 Å². The Morgan fingerprint density at radius 2 is 1.19 bits per heavy atom. The van der Waals surface area contributed by atoms with Crippen LogP contribution in [0.25, 0.3) is 0 Å². The maximum atomic E-state index is 12.9. The van der Waals surface area contributed by atoms with Crippen molar-refractivity contribution in [3.63, 3.8) is 0 Å². The number of anilines is 1. The number of carbonyl (C=O) groups is 2. The number of rotatable bonds is 41. The van der Waals surface area contributed by atoms with E-state index in [1.807, 2.05) is 12.2 Å². The van der Waals surface area contributed by atoms with Gasteiger partial charge in [-0.15, -0.1) is 0 Å². The number of nitrogens with zero attached hydrogens (tertiary/aromatic N) is 2. The molecule has 0 amide bonds. The Bertz CT molecular complexity index is 2080. The molecule has 2 saturated heterocycles. The Kier molecular flexibility index (Phi) is 32.2. The third-order valence-corrected chi connectivity index (χ3v) is 14.3. The minimum Gasteiger partial charge on any atom is -0.462 e. The minimum absolute atomic E-state index is 0.00642. The quantitative estimate of drug-likeness (QED) is 0.0134. The summed E-state index contributed by atoms with van der Waals surface area (Å²) in [5, 5.41) is 20.9. The molecule has 6 N–H and O–H groups in total. The molecule has 9 atom stereocenters. The first-order chi connectivity index (χ1) is 35.1. The predicted molar refractivity (Wildman–Crippen MR) is 279 cm³/mol. The number of ether oxygens (including phenoxy) is 4. The maximum Gasteiger partial charge on any atom is 0.481 e. The number of carbonyl (C=O) groups excluding carboxylic acids is 2. The fourth-order valence-corrected chi connectivity index (χ4v) is 9.58. The number of aliphatic hydroxyl groups excluding tert-OH is 2. The summed E-state index contributed by atoms with van der Waals surface area (Å²) in [6.07, 6.45) is 38.7. The van der Waals surface area contributed by atoms with Crippen LogP contribution in [-0.2, 0) is 51.0 Å². The third-order valence-electron chi connectivity index (χ3n) is 11.7. The van der Waals surface area contributed by atoms with Crippen LogP contribution < -0.4 is 11.4 Å². The standard InChI is InChI=1S/C52H83N3O16P2/c1-3-5-7-9-11-12-13-14-15-16-17-18-19-20-23-28-32-36-48(57)68-42(39-65-47(56)35-31-27-24-21-22-26-30-34-44-43(69-44)33-29-25-10-8-6-4-2)40-66-72(61,62)71-73(63,64)67-41-45-49(58)50(59)51(70-45)55-38-37-46(53)54-52(55)60/h11-12,14-15,17-18,21,24-26,29-30,37-38,42-45,49-51,58-59H,3-10,13,16,19-20,22-23,27-28,31-36,39-41H2,1-2H3,(H,61,62)(H,63,64)(H2,53,54,60)/b12-11-,15-14-,18-17-,24-21-,29-25-,30-26-/t42-,43?,44?,45-,49-,50-,51-/m1/s1. The van der Waals surface area contributed by atoms with Gasteiger partial charge in [0, 0.05) is 19.0 Å². The molecule has 3 rings (SSSR count). The Morgan fingerprint density at radius 3 is 1.81 bits per heavy atom. The molecule has 0 radical (unpaired) electrons. The van der Waals surface area contributed by atoms with Crippen molar-refractivity contribution in [1.82, 2.24) is 9.55 Å². The Morgan fingerprint density at radius 1 is 0.671 bits per heavy atom. The Balaban J connectivity index is 1.42. The molecular weight excluding hydrogens is 985 g/mol. The van der Waals surface area contributed by atoms with E-state index in [4.69, 9.17) is 33.7 Å². The van der Waals surface area contributed by atoms with Crippen LogP contribution in [0.5, 0.6) is 0 Å². The van der Waals surface area contributed by atoms with Crippen molar-refractivity contribution in [1.29, 1.82) is 0 Å². The number of allylic oxidation sites excluding steroid dienone is 10. The van der Waals surface area contributed by atoms with E-state index in [1.54, 1.807) is 0 Å². The molecule has 2 aliphatic heterocycles. The number of phosphoric acid groups is 2. The van der Waals surface area contributed by atoms with Crippen molar-refractivity contribution < 1.29 is 71.0 Å². The summed E-state index contributed by atoms with van der Waals surface area (Å²) in [5.74, 6) is -1.40. The van der Waals surface area contributed by atoms with Gasteiger partial charge in [-0.3, -0.25) is 23.2 Å². The lowest BCUT2D eigenvalue weighted by Gasteiger charge is -2.21. The molecule has 1 aromatic heterocycles. The maximum absolute atomic E-state index is 12.9. The zero-order valence-electron chi connectivity index (χ0n) is 42.9. The number of epoxide rings is 1. The van der Waals surface area contributed by atoms with Crippen molar-refractivity contribution in [3.05, 3.63) is 95.7 Å². The first-order valence-corrected chi connectivity index (χ1v) is 29.1. The number of hydrogen-bond donors (Lipinski definition) is 5. The molecule has 0 saturated carbocycles. The van der Waals surface area contributed by atoms with Gasteiger partial charge in [0.05, 0.1) is 25.4 Å². The predicted octanol–water partition coefficient (Wildman–Crippen LogP) is 9.88. The van der Waals surface area contributed by atoms with Crippen molar-refractivity contribution >= 4 is 33.4 Å². The van der Waals surface area contributed by atoms with E-state index in [0.29, 0.717) is 25.4 Å². The van der Waals surface area contributed by atoms with Gasteiger partial charge in [0.15, 0.2) is 12.3 Å². The fourth-order valence-electron chi connectivity index (χ4n) is 7.47. The van der Waals surface area contributed by atoms with Gasteiger partial charge >= 0.3 is 33.3 Å². The average molecular weight is 1070 g/mol. The number of hydrogen-bond acceptors (Lipinski definition) is 16. The summed E-state index contributed by atoms with van der Waals surface area (Å²) in [6, 6.07) is 1.24. The van der Waals surface area contributed by atoms with Crippen LogP contribution in [0, 0.1) is 0 Å². The highest BCUT2D eigenvalue weighted by Gasteiger charge is 2.46. The third kappa shape index (κ3) is 29.2. The number of aromatic nitrogens is 2. The van der Waals surface area contributed by atoms with Gasteiger partial charge in [0.1, 0.15) is 30.7 Å². The van der Waals surface area contributed by atoms with Crippen LogP contribution in [0.4, 0.5) is 5.82 Å². The molecule has 2 aliphatic rings. The molecule has 0 aromatic carbocycles. The SMILES string of the molecule is CCCCC/C=C\C/C=C\C/C=C\CCCCCCC(=O)O[C@H](COC(=O)CCC/C=C\C/C=C\CC1OC1C/C=C\CCCCC)COP(=O)(O)OP(=O)(O)OC[C@H]1O[C@@H](n2ccc(N)nc2=O)[C@H](O)[C@@H]1O. The Hall–Kier alpha value is -3.84. The highest BCUT2D eigenvalue weighted by Crippen LogP contribution is 2.60. The zero-order valence-corrected chi connectivity index (χ0v) is 44.6. The molecule has 412 valence electrons. The number of phosphoric ester groups is 2. The van der Waals surface area contributed by atoms with E-state index in [9.17, 15) is 43.5 Å². The normalized spacial score (nSPS) is 22.3. The summed E-state index contributed by atoms with van der Waals surface area (Å²) < 4.78 is 62.5. The molecule has 3 heterocycles. The van der Waals surface area contributed by atoms with Crippen molar-refractivity contribution in [3.8, 4) is 0 Å². The van der Waals surface area contributed by atoms with Gasteiger partial charge < -0.3 is 44.7 Å². The van der Waals surface area contributed by atoms with Crippen LogP contribution in [0.2, 0.25) is 0 Å². The molecular formula is C52H83N3O16P2. The first kappa shape index (κ1) is 63.5. The van der Waals surface area contributed by atoms with Gasteiger partial charge in [-0.25, -0.2) is 13.9 Å². The monoisotopic (exact) mass is 1070 g/mol. The molecule has 2 fully saturated rings. The topological polar surface area (TPSA) is 278 Å². The summed E-state index contributed by atoms with van der Waals surface area (Å²) in [4.78, 5) is 62.0. The van der Waals surface area contributed by atoms with Gasteiger partial charge in [-0.2, -0.15) is 9.29 Å². The van der Waals surface area contributed by atoms with Crippen molar-refractivity contribution in [2.75, 3.05) is 25.6 Å². The number of unbranched alkanes of at least 4 members (excludes halogenated alkanes) is 11. The van der Waals surface area contributed by atoms with E-state index in [1.165, 1.54) is 44.6 Å². The molecule has 0 spiro atoms. The van der Waals surface area contributed by atoms with Gasteiger partial charge in [-0.1, -0.05) is 125 Å². The lowest BCUT2D eigenvalue weighted by atomic mass is 10.1. The molecule has 21 heteroatoms. The second-order valence-corrected chi connectivity index (χ2v) is 21.1. The highest BCUT2D eigenvalue weighted by molar-refractivity contribution is 7.61. The molecule has 73 heavy (non-hydrogen) atoms. The lowest BCUT2D eigenvalue weighted by Crippen LogP contribution is -2.36. The largest absolute Gasteiger partial charge is 0.481 e. The molecule has 0 aliphatic carbocycles. The second-order valence-electron chi connectivity index (χ2n) is 18.1. The first-order valence-electron chi connectivity index (χ1n) is 26.1. The van der Waals surface area contributed by atoms with Gasteiger partial charge in [-0.05, 0) is 96.0 Å². The number of esters is 2. The van der Waals surface area contributed by atoms with Crippen LogP contribution in [-0.4, -0.2) is 97.9 Å². The van der Waals surface area contributed by atoms with E-state index in [2.05, 4.69) is 83.9 Å². The number of aliphatic hydroxyl groups is 2. The Labute approximate surface area is 431 Å². The second kappa shape index (κ2) is 37.0. The van der Waals surface area contributed by atoms with Crippen molar-refractivity contribution in [2.45, 2.75) is 198 Å². The summed E-state index contributed by atoms with van der Waals surface area (Å²) in [7, 11) is -10.9. The molecule has 0 bridgehead atoms. The zero-order chi connectivity index (χ0) is 53.2. The number of nitrogen functional groups attached to an aromatic ring is 1. The highest BCUT2D eigenvalue weighted by atomic mass is 31.3. The number of nitrogens with two attached hydrogens (primary N) is 1. The summed E-state index contributed by atoms with van der Waals surface area (Å²) >= 11 is 0. The average Bonchev–Trinajstić information content (AvgIpc) is 4.04. The van der Waals surface area contributed by atoms with Crippen LogP contribution in [0.3, 0.4) is 0 Å². The van der Waals surface area contributed by atoms with E-state index in [0.717, 1.165) is 81.4 Å².